The van der Waals surface area contributed by atoms with E-state index in [2.05, 4.69) is 25.6 Å². The number of fused-ring (bicyclic) bond motifs is 1. The van der Waals surface area contributed by atoms with Crippen LogP contribution in [0.25, 0.3) is 10.9 Å². The molecular weight excluding hydrogens is 361 g/mol. The smallest absolute Gasteiger partial charge is 0.253 e. The zero-order chi connectivity index (χ0) is 19.8. The normalized spacial score (nSPS) is 14.6. The fourth-order valence-electron chi connectivity index (χ4n) is 2.97. The van der Waals surface area contributed by atoms with Gasteiger partial charge in [0.05, 0.1) is 22.8 Å². The minimum absolute atomic E-state index is 0.157. The Bertz CT molecular complexity index is 1070. The number of rotatable bonds is 5. The Morgan fingerprint density at radius 3 is 2.82 bits per heavy atom. The summed E-state index contributed by atoms with van der Waals surface area (Å²) >= 11 is 0. The van der Waals surface area contributed by atoms with E-state index in [-0.39, 0.29) is 23.5 Å². The molecule has 9 heteroatoms. The Balaban J connectivity index is 1.76. The first-order valence-corrected chi connectivity index (χ1v) is 8.96. The number of nitrogens with one attached hydrogen (secondary N) is 2. The van der Waals surface area contributed by atoms with E-state index < -0.39 is 11.9 Å². The zero-order valence-corrected chi connectivity index (χ0v) is 15.2. The first kappa shape index (κ1) is 17.9. The number of nitrogens with two attached hydrogens (primary N) is 2. The predicted octanol–water partition coefficient (Wildman–Crippen LogP) is 2.39. The quantitative estimate of drug-likeness (QED) is 0.533. The monoisotopic (exact) mass is 381 g/mol. The van der Waals surface area contributed by atoms with Gasteiger partial charge in [0.1, 0.15) is 17.8 Å². The van der Waals surface area contributed by atoms with Gasteiger partial charge in [-0.25, -0.2) is 19.3 Å². The number of nitrogens with zero attached hydrogens (tertiary/aromatic N) is 3. The molecular formula is C19H20FN7O. The predicted molar refractivity (Wildman–Crippen MR) is 105 cm³/mol. The highest BCUT2D eigenvalue weighted by molar-refractivity contribution is 5.99. The van der Waals surface area contributed by atoms with Crippen molar-refractivity contribution in [2.24, 2.45) is 0 Å². The van der Waals surface area contributed by atoms with Gasteiger partial charge in [-0.3, -0.25) is 4.79 Å². The van der Waals surface area contributed by atoms with Gasteiger partial charge in [0.2, 0.25) is 0 Å². The van der Waals surface area contributed by atoms with Crippen LogP contribution in [0.15, 0.2) is 30.6 Å². The minimum Gasteiger partial charge on any atom is -0.393 e. The van der Waals surface area contributed by atoms with Gasteiger partial charge < -0.3 is 22.1 Å². The van der Waals surface area contributed by atoms with Gasteiger partial charge in [-0.05, 0) is 38.0 Å². The van der Waals surface area contributed by atoms with E-state index in [1.807, 2.05) is 6.92 Å². The van der Waals surface area contributed by atoms with Gasteiger partial charge in [0, 0.05) is 11.4 Å². The van der Waals surface area contributed by atoms with Gasteiger partial charge in [-0.15, -0.1) is 0 Å². The first-order chi connectivity index (χ1) is 13.4. The van der Waals surface area contributed by atoms with Crippen LogP contribution in [-0.4, -0.2) is 26.9 Å². The van der Waals surface area contributed by atoms with Gasteiger partial charge in [0.15, 0.2) is 11.6 Å². The molecule has 1 amide bonds. The fourth-order valence-corrected chi connectivity index (χ4v) is 2.97. The molecule has 6 N–H and O–H groups in total. The van der Waals surface area contributed by atoms with E-state index in [0.717, 1.165) is 12.8 Å². The Hall–Kier alpha value is -3.49. The van der Waals surface area contributed by atoms with Gasteiger partial charge in [0.25, 0.3) is 5.91 Å². The molecule has 1 saturated carbocycles. The molecule has 2 aromatic heterocycles. The van der Waals surface area contributed by atoms with Crippen molar-refractivity contribution in [2.45, 2.75) is 31.8 Å². The molecule has 1 aromatic carbocycles. The molecule has 1 fully saturated rings. The molecule has 0 unspecified atom stereocenters. The van der Waals surface area contributed by atoms with Crippen LogP contribution in [-0.2, 0) is 0 Å². The van der Waals surface area contributed by atoms with Crippen LogP contribution < -0.4 is 22.1 Å². The number of carbonyl (C=O) groups is 1. The highest BCUT2D eigenvalue weighted by Gasteiger charge is 2.27. The number of aromatic nitrogens is 3. The molecule has 0 aliphatic heterocycles. The molecule has 4 rings (SSSR count). The number of hydrogen-bond donors (Lipinski definition) is 4. The topological polar surface area (TPSA) is 132 Å². The highest BCUT2D eigenvalue weighted by atomic mass is 19.1. The molecule has 1 aliphatic carbocycles. The lowest BCUT2D eigenvalue weighted by Gasteiger charge is -2.19. The zero-order valence-electron chi connectivity index (χ0n) is 15.2. The number of benzene rings is 1. The van der Waals surface area contributed by atoms with Crippen LogP contribution >= 0.6 is 0 Å². The number of pyridine rings is 1. The van der Waals surface area contributed by atoms with Crippen molar-refractivity contribution in [3.05, 3.63) is 47.7 Å². The molecule has 1 aliphatic rings. The summed E-state index contributed by atoms with van der Waals surface area (Å²) in [5.41, 5.74) is 13.1. The van der Waals surface area contributed by atoms with Crippen molar-refractivity contribution in [3.8, 4) is 0 Å². The van der Waals surface area contributed by atoms with E-state index in [1.165, 1.54) is 12.4 Å². The molecule has 2 heterocycles. The van der Waals surface area contributed by atoms with Crippen molar-refractivity contribution in [2.75, 3.05) is 16.8 Å². The fraction of sp³-hybridized carbons (Fsp3) is 0.263. The van der Waals surface area contributed by atoms with Gasteiger partial charge in [-0.2, -0.15) is 0 Å². The van der Waals surface area contributed by atoms with E-state index in [1.54, 1.807) is 18.2 Å². The third-order valence-corrected chi connectivity index (χ3v) is 4.67. The largest absolute Gasteiger partial charge is 0.393 e. The van der Waals surface area contributed by atoms with E-state index >= 15 is 0 Å². The number of amides is 1. The summed E-state index contributed by atoms with van der Waals surface area (Å²) in [5.74, 6) is -0.205. The molecule has 0 spiro atoms. The van der Waals surface area contributed by atoms with Gasteiger partial charge >= 0.3 is 0 Å². The number of hydrogen-bond acceptors (Lipinski definition) is 7. The molecule has 28 heavy (non-hydrogen) atoms. The molecule has 8 nitrogen and oxygen atoms in total. The Morgan fingerprint density at radius 1 is 1.29 bits per heavy atom. The van der Waals surface area contributed by atoms with Crippen LogP contribution in [0, 0.1) is 5.82 Å². The lowest BCUT2D eigenvalue weighted by molar-refractivity contribution is 0.0949. The minimum atomic E-state index is -0.441. The number of nitrogen functional groups attached to an aromatic ring is 2. The maximum absolute atomic E-state index is 14.2. The second-order valence-electron chi connectivity index (χ2n) is 6.86. The lowest BCUT2D eigenvalue weighted by Crippen LogP contribution is -2.28. The highest BCUT2D eigenvalue weighted by Crippen LogP contribution is 2.29. The molecule has 0 saturated heterocycles. The Kier molecular flexibility index (Phi) is 4.42. The summed E-state index contributed by atoms with van der Waals surface area (Å²) in [5, 5.41) is 6.35. The van der Waals surface area contributed by atoms with Crippen molar-refractivity contribution >= 4 is 34.1 Å². The number of anilines is 3. The van der Waals surface area contributed by atoms with Crippen LogP contribution in [0.2, 0.25) is 0 Å². The Labute approximate surface area is 160 Å². The van der Waals surface area contributed by atoms with Crippen LogP contribution in [0.4, 0.5) is 21.7 Å². The van der Waals surface area contributed by atoms with Gasteiger partial charge in [-0.1, -0.05) is 6.07 Å². The number of halogens is 1. The first-order valence-electron chi connectivity index (χ1n) is 8.96. The SMILES string of the molecule is C[C@H](Nc1ncnc(N)c1N)c1nc2cccc(F)c2cc1C(=O)NC1CC1. The lowest BCUT2D eigenvalue weighted by atomic mass is 10.0. The molecule has 144 valence electrons. The number of carbonyl (C=O) groups excluding carboxylic acids is 1. The molecule has 0 bridgehead atoms. The van der Waals surface area contributed by atoms with Crippen molar-refractivity contribution in [1.82, 2.24) is 20.3 Å². The van der Waals surface area contributed by atoms with Crippen LogP contribution in [0.5, 0.6) is 0 Å². The summed E-state index contributed by atoms with van der Waals surface area (Å²) < 4.78 is 14.2. The summed E-state index contributed by atoms with van der Waals surface area (Å²) in [6.07, 6.45) is 3.19. The average Bonchev–Trinajstić information content (AvgIpc) is 3.49. The Morgan fingerprint density at radius 2 is 2.07 bits per heavy atom. The summed E-state index contributed by atoms with van der Waals surface area (Å²) in [6, 6.07) is 5.90. The molecule has 3 aromatic rings. The van der Waals surface area contributed by atoms with E-state index in [4.69, 9.17) is 11.5 Å². The molecule has 0 radical (unpaired) electrons. The maximum Gasteiger partial charge on any atom is 0.253 e. The summed E-state index contributed by atoms with van der Waals surface area (Å²) in [7, 11) is 0. The van der Waals surface area contributed by atoms with Crippen molar-refractivity contribution in [3.63, 3.8) is 0 Å². The van der Waals surface area contributed by atoms with Crippen LogP contribution in [0.3, 0.4) is 0 Å². The maximum atomic E-state index is 14.2. The van der Waals surface area contributed by atoms with Crippen molar-refractivity contribution < 1.29 is 9.18 Å². The average molecular weight is 381 g/mol. The second-order valence-corrected chi connectivity index (χ2v) is 6.86. The van der Waals surface area contributed by atoms with E-state index in [0.29, 0.717) is 28.0 Å². The summed E-state index contributed by atoms with van der Waals surface area (Å²) in [4.78, 5) is 25.3. The van der Waals surface area contributed by atoms with Crippen molar-refractivity contribution in [1.29, 1.82) is 0 Å². The molecule has 1 atom stereocenters. The summed E-state index contributed by atoms with van der Waals surface area (Å²) in [6.45, 7) is 1.82. The third kappa shape index (κ3) is 3.38. The van der Waals surface area contributed by atoms with Crippen LogP contribution in [0.1, 0.15) is 41.9 Å². The van der Waals surface area contributed by atoms with E-state index in [9.17, 15) is 9.18 Å². The second kappa shape index (κ2) is 6.91. The third-order valence-electron chi connectivity index (χ3n) is 4.67. The standard InChI is InChI=1S/C19H20FN7O/c1-9(25-18-15(21)17(22)23-8-24-18)16-12(19(28)26-10-5-6-10)7-11-13(20)3-2-4-14(11)27-16/h2-4,7-10H,5-6,21H2,1H3,(H,26,28)(H3,22,23,24,25)/t9-/m0/s1.